The highest BCUT2D eigenvalue weighted by atomic mass is 32.1. The molecule has 1 saturated heterocycles. The third-order valence-corrected chi connectivity index (χ3v) is 6.48. The topological polar surface area (TPSA) is 54.8 Å². The minimum absolute atomic E-state index is 0.00281. The summed E-state index contributed by atoms with van der Waals surface area (Å²) in [7, 11) is 1.66. The Balaban J connectivity index is 1.44. The lowest BCUT2D eigenvalue weighted by Crippen LogP contribution is -2.50. The summed E-state index contributed by atoms with van der Waals surface area (Å²) in [6.07, 6.45) is 0. The van der Waals surface area contributed by atoms with Crippen molar-refractivity contribution in [2.45, 2.75) is 13.0 Å². The van der Waals surface area contributed by atoms with E-state index in [9.17, 15) is 9.59 Å². The summed E-state index contributed by atoms with van der Waals surface area (Å²) in [6, 6.07) is 15.0. The molecule has 1 atom stereocenters. The van der Waals surface area contributed by atoms with E-state index < -0.39 is 6.04 Å². The number of benzene rings is 2. The molecule has 1 fully saturated rings. The van der Waals surface area contributed by atoms with Crippen LogP contribution in [0.15, 0.2) is 53.3 Å². The van der Waals surface area contributed by atoms with Crippen LogP contribution in [0.5, 0.6) is 5.75 Å². The second-order valence-electron chi connectivity index (χ2n) is 6.90. The fraction of sp³-hybridized carbons (Fsp3) is 0.333. The standard InChI is InChI=1S/C21H23N3O3S/c1-15(24-21(26)18-5-3-4-6-19(18)28-24)20(25)23-13-11-22(12-14-23)16-7-9-17(27-2)10-8-16/h3-10,15H,11-14H2,1-2H3/t15-/m1/s1. The lowest BCUT2D eigenvalue weighted by Gasteiger charge is -2.37. The molecule has 146 valence electrons. The Labute approximate surface area is 167 Å². The van der Waals surface area contributed by atoms with Gasteiger partial charge in [0.2, 0.25) is 5.91 Å². The number of methoxy groups -OCH3 is 1. The monoisotopic (exact) mass is 397 g/mol. The Morgan fingerprint density at radius 1 is 1.04 bits per heavy atom. The number of amides is 1. The summed E-state index contributed by atoms with van der Waals surface area (Å²) in [4.78, 5) is 29.7. The minimum Gasteiger partial charge on any atom is -0.497 e. The lowest BCUT2D eigenvalue weighted by atomic mass is 10.2. The average Bonchev–Trinajstić information content (AvgIpc) is 3.09. The Morgan fingerprint density at radius 2 is 1.71 bits per heavy atom. The van der Waals surface area contributed by atoms with Crippen molar-refractivity contribution < 1.29 is 9.53 Å². The van der Waals surface area contributed by atoms with E-state index in [0.29, 0.717) is 18.5 Å². The largest absolute Gasteiger partial charge is 0.497 e. The zero-order chi connectivity index (χ0) is 19.7. The van der Waals surface area contributed by atoms with Crippen LogP contribution in [0.3, 0.4) is 0 Å². The smallest absolute Gasteiger partial charge is 0.269 e. The first-order valence-electron chi connectivity index (χ1n) is 9.37. The number of hydrogen-bond donors (Lipinski definition) is 0. The fourth-order valence-electron chi connectivity index (χ4n) is 3.59. The highest BCUT2D eigenvalue weighted by molar-refractivity contribution is 7.14. The van der Waals surface area contributed by atoms with Gasteiger partial charge in [0.1, 0.15) is 11.8 Å². The van der Waals surface area contributed by atoms with Gasteiger partial charge in [0, 0.05) is 31.9 Å². The van der Waals surface area contributed by atoms with Crippen molar-refractivity contribution in [1.82, 2.24) is 8.86 Å². The van der Waals surface area contributed by atoms with Crippen LogP contribution in [0.25, 0.3) is 10.1 Å². The average molecular weight is 398 g/mol. The SMILES string of the molecule is COc1ccc(N2CCN(C(=O)[C@@H](C)n3sc4ccccc4c3=O)CC2)cc1. The number of piperazine rings is 1. The molecule has 1 aromatic heterocycles. The van der Waals surface area contributed by atoms with Gasteiger partial charge in [-0.05, 0) is 43.3 Å². The van der Waals surface area contributed by atoms with Crippen LogP contribution in [0.4, 0.5) is 5.69 Å². The number of hydrogen-bond acceptors (Lipinski definition) is 5. The van der Waals surface area contributed by atoms with Crippen molar-refractivity contribution in [2.24, 2.45) is 0 Å². The maximum absolute atomic E-state index is 13.0. The number of nitrogens with zero attached hydrogens (tertiary/aromatic N) is 3. The van der Waals surface area contributed by atoms with E-state index in [-0.39, 0.29) is 11.5 Å². The van der Waals surface area contributed by atoms with E-state index in [1.807, 2.05) is 60.4 Å². The molecule has 1 amide bonds. The first-order valence-corrected chi connectivity index (χ1v) is 10.1. The van der Waals surface area contributed by atoms with Gasteiger partial charge in [0.15, 0.2) is 0 Å². The predicted octanol–water partition coefficient (Wildman–Crippen LogP) is 2.98. The molecule has 6 nitrogen and oxygen atoms in total. The van der Waals surface area contributed by atoms with E-state index in [1.165, 1.54) is 11.5 Å². The maximum atomic E-state index is 13.0. The van der Waals surface area contributed by atoms with Gasteiger partial charge in [0.05, 0.1) is 17.2 Å². The van der Waals surface area contributed by atoms with Gasteiger partial charge in [0.25, 0.3) is 5.56 Å². The predicted molar refractivity (Wildman–Crippen MR) is 113 cm³/mol. The molecule has 2 heterocycles. The summed E-state index contributed by atoms with van der Waals surface area (Å²) >= 11 is 1.36. The van der Waals surface area contributed by atoms with Crippen LogP contribution in [0.1, 0.15) is 13.0 Å². The number of carbonyl (C=O) groups excluding carboxylic acids is 1. The van der Waals surface area contributed by atoms with Gasteiger partial charge in [-0.1, -0.05) is 23.7 Å². The Morgan fingerprint density at radius 3 is 2.36 bits per heavy atom. The molecule has 1 aliphatic rings. The van der Waals surface area contributed by atoms with Gasteiger partial charge in [-0.25, -0.2) is 0 Å². The van der Waals surface area contributed by atoms with Crippen molar-refractivity contribution in [2.75, 3.05) is 38.2 Å². The molecule has 28 heavy (non-hydrogen) atoms. The van der Waals surface area contributed by atoms with Crippen LogP contribution < -0.4 is 15.2 Å². The third-order valence-electron chi connectivity index (χ3n) is 5.25. The molecule has 4 rings (SSSR count). The fourth-order valence-corrected chi connectivity index (χ4v) is 4.62. The molecule has 3 aromatic rings. The number of rotatable bonds is 4. The summed E-state index contributed by atoms with van der Waals surface area (Å²) in [5.74, 6) is 0.836. The van der Waals surface area contributed by atoms with Crippen molar-refractivity contribution in [3.05, 3.63) is 58.9 Å². The van der Waals surface area contributed by atoms with Crippen molar-refractivity contribution in [3.8, 4) is 5.75 Å². The highest BCUT2D eigenvalue weighted by Crippen LogP contribution is 2.23. The molecule has 0 aliphatic carbocycles. The quantitative estimate of drug-likeness (QED) is 0.679. The molecule has 0 N–H and O–H groups in total. The molecule has 0 bridgehead atoms. The summed E-state index contributed by atoms with van der Waals surface area (Å²) in [6.45, 7) is 4.65. The second-order valence-corrected chi connectivity index (χ2v) is 7.92. The summed E-state index contributed by atoms with van der Waals surface area (Å²) in [5.41, 5.74) is 1.04. The van der Waals surface area contributed by atoms with Crippen LogP contribution in [-0.2, 0) is 4.79 Å². The number of aromatic nitrogens is 1. The van der Waals surface area contributed by atoms with Crippen LogP contribution >= 0.6 is 11.5 Å². The van der Waals surface area contributed by atoms with E-state index in [1.54, 1.807) is 11.1 Å². The van der Waals surface area contributed by atoms with E-state index in [4.69, 9.17) is 4.74 Å². The zero-order valence-electron chi connectivity index (χ0n) is 16.0. The molecule has 0 radical (unpaired) electrons. The van der Waals surface area contributed by atoms with Crippen molar-refractivity contribution in [1.29, 1.82) is 0 Å². The van der Waals surface area contributed by atoms with Crippen LogP contribution in [0.2, 0.25) is 0 Å². The summed E-state index contributed by atoms with van der Waals surface area (Å²) < 4.78 is 7.72. The van der Waals surface area contributed by atoms with E-state index >= 15 is 0 Å². The molecule has 0 spiro atoms. The molecule has 0 saturated carbocycles. The number of fused-ring (bicyclic) bond motifs is 1. The highest BCUT2D eigenvalue weighted by Gasteiger charge is 2.27. The number of ether oxygens (including phenoxy) is 1. The third kappa shape index (κ3) is 3.38. The molecule has 1 aliphatic heterocycles. The van der Waals surface area contributed by atoms with Gasteiger partial charge in [-0.2, -0.15) is 0 Å². The molecule has 2 aromatic carbocycles. The zero-order valence-corrected chi connectivity index (χ0v) is 16.8. The second kappa shape index (κ2) is 7.67. The Kier molecular flexibility index (Phi) is 5.09. The Bertz CT molecular complexity index is 1030. The molecular weight excluding hydrogens is 374 g/mol. The maximum Gasteiger partial charge on any atom is 0.269 e. The van der Waals surface area contributed by atoms with E-state index in [0.717, 1.165) is 29.2 Å². The first-order chi connectivity index (χ1) is 13.6. The van der Waals surface area contributed by atoms with Gasteiger partial charge in [-0.15, -0.1) is 0 Å². The molecule has 0 unspecified atom stereocenters. The number of anilines is 1. The number of carbonyl (C=O) groups is 1. The first kappa shape index (κ1) is 18.6. The Hall–Kier alpha value is -2.80. The lowest BCUT2D eigenvalue weighted by molar-refractivity contribution is -0.134. The summed E-state index contributed by atoms with van der Waals surface area (Å²) in [5, 5.41) is 0.677. The van der Waals surface area contributed by atoms with E-state index in [2.05, 4.69) is 4.90 Å². The van der Waals surface area contributed by atoms with Gasteiger partial charge >= 0.3 is 0 Å². The van der Waals surface area contributed by atoms with Gasteiger partial charge < -0.3 is 14.5 Å². The molecule has 7 heteroatoms. The van der Waals surface area contributed by atoms with Gasteiger partial charge in [-0.3, -0.25) is 13.5 Å². The molecular formula is C21H23N3O3S. The normalized spacial score (nSPS) is 15.6. The minimum atomic E-state index is -0.488. The van der Waals surface area contributed by atoms with Crippen molar-refractivity contribution in [3.63, 3.8) is 0 Å². The van der Waals surface area contributed by atoms with Crippen LogP contribution in [0, 0.1) is 0 Å². The van der Waals surface area contributed by atoms with Crippen LogP contribution in [-0.4, -0.2) is 48.1 Å². The van der Waals surface area contributed by atoms with Crippen molar-refractivity contribution >= 4 is 33.2 Å².